The van der Waals surface area contributed by atoms with Crippen molar-refractivity contribution in [3.8, 4) is 0 Å². The monoisotopic (exact) mass is 159 g/mol. The summed E-state index contributed by atoms with van der Waals surface area (Å²) in [4.78, 5) is 10.1. The first-order valence-corrected chi connectivity index (χ1v) is 3.96. The molecular formula is C8H15O3. The summed E-state index contributed by atoms with van der Waals surface area (Å²) in [5, 5.41) is 0. The third-order valence-corrected chi connectivity index (χ3v) is 1.04. The highest BCUT2D eigenvalue weighted by Crippen LogP contribution is 1.93. The third-order valence-electron chi connectivity index (χ3n) is 1.04. The maximum absolute atomic E-state index is 10.1. The van der Waals surface area contributed by atoms with Crippen molar-refractivity contribution in [2.45, 2.75) is 33.0 Å². The zero-order valence-corrected chi connectivity index (χ0v) is 7.13. The highest BCUT2D eigenvalue weighted by molar-refractivity contribution is 5.54. The van der Waals surface area contributed by atoms with Crippen molar-refractivity contribution in [2.24, 2.45) is 0 Å². The minimum atomic E-state index is -0.782. The van der Waals surface area contributed by atoms with Crippen LogP contribution in [0.25, 0.3) is 0 Å². The lowest BCUT2D eigenvalue weighted by molar-refractivity contribution is -0.0980. The van der Waals surface area contributed by atoms with E-state index in [1.165, 1.54) is 0 Å². The van der Waals surface area contributed by atoms with E-state index in [1.807, 2.05) is 13.8 Å². The summed E-state index contributed by atoms with van der Waals surface area (Å²) >= 11 is 0. The Labute approximate surface area is 67.7 Å². The largest absolute Gasteiger partial charge is 0.346 e. The first-order chi connectivity index (χ1) is 5.35. The minimum Gasteiger partial charge on any atom is -0.346 e. The number of hydrogen-bond acceptors (Lipinski definition) is 3. The second kappa shape index (κ2) is 7.69. The number of carbonyl (C=O) groups excluding carboxylic acids is 1. The van der Waals surface area contributed by atoms with E-state index in [2.05, 4.69) is 0 Å². The van der Waals surface area contributed by atoms with E-state index in [4.69, 9.17) is 9.47 Å². The summed E-state index contributed by atoms with van der Waals surface area (Å²) in [7, 11) is 0. The van der Waals surface area contributed by atoms with Crippen LogP contribution in [0.2, 0.25) is 0 Å². The van der Waals surface area contributed by atoms with Gasteiger partial charge in [-0.1, -0.05) is 13.8 Å². The van der Waals surface area contributed by atoms with E-state index < -0.39 is 6.29 Å². The lowest BCUT2D eigenvalue weighted by atomic mass is 10.5. The van der Waals surface area contributed by atoms with Crippen LogP contribution >= 0.6 is 0 Å². The molecule has 0 aliphatic heterocycles. The predicted octanol–water partition coefficient (Wildman–Crippen LogP) is 1.28. The quantitative estimate of drug-likeness (QED) is 0.525. The van der Waals surface area contributed by atoms with E-state index in [1.54, 1.807) is 6.29 Å². The Morgan fingerprint density at radius 3 is 1.91 bits per heavy atom. The van der Waals surface area contributed by atoms with Gasteiger partial charge in [-0.3, -0.25) is 4.79 Å². The average Bonchev–Trinajstić information content (AvgIpc) is 2.05. The molecule has 0 heterocycles. The molecule has 0 N–H and O–H groups in total. The molecule has 0 amide bonds. The van der Waals surface area contributed by atoms with Gasteiger partial charge in [0.25, 0.3) is 6.29 Å². The normalized spacial score (nSPS) is 10.5. The van der Waals surface area contributed by atoms with Crippen molar-refractivity contribution < 1.29 is 14.3 Å². The second-order valence-corrected chi connectivity index (χ2v) is 2.19. The molecule has 3 nitrogen and oxygen atoms in total. The van der Waals surface area contributed by atoms with Crippen LogP contribution in [0, 0.1) is 0 Å². The van der Waals surface area contributed by atoms with Crippen LogP contribution in [-0.2, 0) is 14.3 Å². The van der Waals surface area contributed by atoms with Crippen LogP contribution in [0.15, 0.2) is 0 Å². The van der Waals surface area contributed by atoms with Gasteiger partial charge >= 0.3 is 0 Å². The van der Waals surface area contributed by atoms with Gasteiger partial charge in [0.05, 0.1) is 0 Å². The van der Waals surface area contributed by atoms with E-state index in [0.717, 1.165) is 12.8 Å². The lowest BCUT2D eigenvalue weighted by Gasteiger charge is -2.09. The molecule has 0 spiro atoms. The molecule has 0 saturated heterocycles. The molecule has 11 heavy (non-hydrogen) atoms. The Morgan fingerprint density at radius 1 is 1.18 bits per heavy atom. The van der Waals surface area contributed by atoms with Gasteiger partial charge in [0, 0.05) is 13.2 Å². The highest BCUT2D eigenvalue weighted by Gasteiger charge is 2.06. The van der Waals surface area contributed by atoms with Gasteiger partial charge in [-0.15, -0.1) is 0 Å². The van der Waals surface area contributed by atoms with Crippen LogP contribution in [-0.4, -0.2) is 25.8 Å². The van der Waals surface area contributed by atoms with Crippen LogP contribution < -0.4 is 0 Å². The number of ether oxygens (including phenoxy) is 2. The van der Waals surface area contributed by atoms with E-state index in [0.29, 0.717) is 13.2 Å². The standard InChI is InChI=1S/C8H15O3/c1-3-5-10-8(7-9)11-6-4-2/h8H,3-6H2,1-2H3. The van der Waals surface area contributed by atoms with E-state index >= 15 is 0 Å². The molecule has 0 unspecified atom stereocenters. The topological polar surface area (TPSA) is 35.5 Å². The molecule has 65 valence electrons. The Hall–Kier alpha value is -0.410. The number of rotatable bonds is 7. The molecule has 0 aliphatic carbocycles. The van der Waals surface area contributed by atoms with Gasteiger partial charge in [0.2, 0.25) is 6.29 Å². The first-order valence-electron chi connectivity index (χ1n) is 3.96. The van der Waals surface area contributed by atoms with Crippen molar-refractivity contribution in [3.63, 3.8) is 0 Å². The molecule has 1 radical (unpaired) electrons. The van der Waals surface area contributed by atoms with E-state index in [9.17, 15) is 4.79 Å². The molecule has 0 bridgehead atoms. The molecule has 0 aromatic rings. The van der Waals surface area contributed by atoms with Crippen LogP contribution in [0.1, 0.15) is 26.7 Å². The Balaban J connectivity index is 3.33. The number of hydrogen-bond donors (Lipinski definition) is 0. The Morgan fingerprint density at radius 2 is 1.64 bits per heavy atom. The van der Waals surface area contributed by atoms with Gasteiger partial charge in [-0.05, 0) is 12.8 Å². The van der Waals surface area contributed by atoms with Gasteiger partial charge in [-0.2, -0.15) is 0 Å². The second-order valence-electron chi connectivity index (χ2n) is 2.19. The molecule has 0 saturated carbocycles. The molecule has 0 atom stereocenters. The van der Waals surface area contributed by atoms with Crippen molar-refractivity contribution in [3.05, 3.63) is 0 Å². The fraction of sp³-hybridized carbons (Fsp3) is 0.875. The maximum atomic E-state index is 10.1. The zero-order valence-electron chi connectivity index (χ0n) is 7.13. The predicted molar refractivity (Wildman–Crippen MR) is 42.0 cm³/mol. The summed E-state index contributed by atoms with van der Waals surface area (Å²) in [5.74, 6) is 0. The third kappa shape index (κ3) is 6.01. The summed E-state index contributed by atoms with van der Waals surface area (Å²) in [6.45, 7) is 5.04. The smallest absolute Gasteiger partial charge is 0.259 e. The summed E-state index contributed by atoms with van der Waals surface area (Å²) in [5.41, 5.74) is 0. The molecule has 0 rings (SSSR count). The van der Waals surface area contributed by atoms with Crippen LogP contribution in [0.5, 0.6) is 0 Å². The van der Waals surface area contributed by atoms with Gasteiger partial charge in [-0.25, -0.2) is 0 Å². The Bertz CT molecular complexity index is 85.3. The van der Waals surface area contributed by atoms with Crippen LogP contribution in [0.4, 0.5) is 0 Å². The van der Waals surface area contributed by atoms with E-state index in [-0.39, 0.29) is 0 Å². The van der Waals surface area contributed by atoms with Gasteiger partial charge in [0.15, 0.2) is 0 Å². The van der Waals surface area contributed by atoms with Gasteiger partial charge in [0.1, 0.15) is 0 Å². The Kier molecular flexibility index (Phi) is 7.41. The maximum Gasteiger partial charge on any atom is 0.259 e. The van der Waals surface area contributed by atoms with Crippen molar-refractivity contribution in [2.75, 3.05) is 13.2 Å². The summed E-state index contributed by atoms with van der Waals surface area (Å²) in [6.07, 6.45) is 2.66. The fourth-order valence-corrected chi connectivity index (χ4v) is 0.566. The SMILES string of the molecule is CCCOC([C]=O)OCCC. The van der Waals surface area contributed by atoms with Gasteiger partial charge < -0.3 is 9.47 Å². The zero-order chi connectivity index (χ0) is 8.53. The van der Waals surface area contributed by atoms with Crippen molar-refractivity contribution in [1.29, 1.82) is 0 Å². The molecule has 0 aromatic carbocycles. The summed E-state index contributed by atoms with van der Waals surface area (Å²) in [6, 6.07) is 0. The van der Waals surface area contributed by atoms with Crippen molar-refractivity contribution in [1.82, 2.24) is 0 Å². The molecule has 3 heteroatoms. The molecular weight excluding hydrogens is 144 g/mol. The summed E-state index contributed by atoms with van der Waals surface area (Å²) < 4.78 is 9.99. The molecule has 0 fully saturated rings. The lowest BCUT2D eigenvalue weighted by Crippen LogP contribution is -2.19. The molecule has 0 aliphatic rings. The minimum absolute atomic E-state index is 0.545. The first kappa shape index (κ1) is 10.6. The molecule has 0 aromatic heterocycles. The average molecular weight is 159 g/mol. The highest BCUT2D eigenvalue weighted by atomic mass is 16.7. The van der Waals surface area contributed by atoms with Crippen molar-refractivity contribution >= 4 is 6.29 Å². The van der Waals surface area contributed by atoms with Crippen LogP contribution in [0.3, 0.4) is 0 Å². The fourth-order valence-electron chi connectivity index (χ4n) is 0.566.